The number of Topliss-reactive ketones (excluding diaryl/α,β-unsaturated/α-hetero) is 8. The summed E-state index contributed by atoms with van der Waals surface area (Å²) >= 11 is 0. The molecule has 0 fully saturated rings. The molecule has 0 spiro atoms. The van der Waals surface area contributed by atoms with E-state index in [0.29, 0.717) is 102 Å². The van der Waals surface area contributed by atoms with Gasteiger partial charge in [0, 0.05) is 162 Å². The number of carbonyl (C=O) groups excluding carboxylic acids is 8. The van der Waals surface area contributed by atoms with Crippen LogP contribution in [0.15, 0.2) is 213 Å². The number of hydrogen-bond acceptors (Lipinski definition) is 27. The normalized spacial score (nSPS) is 9.98. The maximum Gasteiger partial charge on any atom is 0.216 e. The molecule has 11 aromatic rings. The first-order valence-corrected chi connectivity index (χ1v) is 38.7. The van der Waals surface area contributed by atoms with Crippen molar-refractivity contribution in [3.05, 3.63) is 280 Å². The summed E-state index contributed by atoms with van der Waals surface area (Å²) in [6.45, 7) is 17.2. The van der Waals surface area contributed by atoms with Crippen LogP contribution in [-0.4, -0.2) is 189 Å². The number of aromatic nitrogens is 9. The van der Waals surface area contributed by atoms with Crippen molar-refractivity contribution < 1.29 is 85.7 Å². The van der Waals surface area contributed by atoms with Crippen LogP contribution < -0.4 is 9.47 Å². The summed E-state index contributed by atoms with van der Waals surface area (Å²) in [5, 5.41) is 0. The van der Waals surface area contributed by atoms with Gasteiger partial charge >= 0.3 is 0 Å². The highest BCUT2D eigenvalue weighted by Crippen LogP contribution is 2.24. The number of hydrogen-bond donors (Lipinski definition) is 0. The SMILES string of the molecule is CC(=O)c1ccc(-c2ccc(C(C)=O)cc2)cc1.CC(=O)c1cccc(C(C)=O)n1.CC(=O)c1cccnc1C(C)=O.CC(=O)c1ccnc(-c2cc(C(C)=O)ccn2)c1.COCCCCCCOC.COCCOC.COCc1ccc(-c2cccc(-c3ccc(COC)cn3)n2)nc1.COCc1cccc(COC)n1.COc1cccc(OC)n1. The van der Waals surface area contributed by atoms with Crippen LogP contribution in [0, 0.1) is 0 Å². The van der Waals surface area contributed by atoms with Gasteiger partial charge < -0.3 is 47.4 Å². The number of carbonyl (C=O) groups is 8. The molecular formula is C95H113N9O18. The Labute approximate surface area is 715 Å². The number of rotatable bonds is 32. The summed E-state index contributed by atoms with van der Waals surface area (Å²) in [5.41, 5.74) is 14.4. The van der Waals surface area contributed by atoms with E-state index >= 15 is 0 Å². The van der Waals surface area contributed by atoms with E-state index in [1.165, 1.54) is 73.4 Å². The van der Waals surface area contributed by atoms with E-state index in [0.717, 1.165) is 69.6 Å². The Morgan fingerprint density at radius 2 is 0.664 bits per heavy atom. The van der Waals surface area contributed by atoms with E-state index in [-0.39, 0.29) is 52.0 Å². The highest BCUT2D eigenvalue weighted by Gasteiger charge is 2.13. The first-order chi connectivity index (χ1) is 58.7. The molecule has 0 N–H and O–H groups in total. The number of nitrogens with zero attached hydrogens (tertiary/aromatic N) is 9. The minimum atomic E-state index is -0.180. The Balaban J connectivity index is 0.000000363. The van der Waals surface area contributed by atoms with Gasteiger partial charge in [-0.25, -0.2) is 9.97 Å². The fraction of sp³-hybridized carbons (Fsp3) is 0.316. The van der Waals surface area contributed by atoms with Crippen LogP contribution in [0.3, 0.4) is 0 Å². The van der Waals surface area contributed by atoms with E-state index in [2.05, 4.69) is 54.3 Å². The second-order valence-electron chi connectivity index (χ2n) is 26.2. The van der Waals surface area contributed by atoms with Crippen molar-refractivity contribution >= 4 is 46.3 Å². The lowest BCUT2D eigenvalue weighted by atomic mass is 10.0. The molecule has 0 amide bonds. The second-order valence-corrected chi connectivity index (χ2v) is 26.2. The molecular weight excluding hydrogens is 1560 g/mol. The van der Waals surface area contributed by atoms with Gasteiger partial charge in [-0.05, 0) is 155 Å². The summed E-state index contributed by atoms with van der Waals surface area (Å²) in [4.78, 5) is 126. The van der Waals surface area contributed by atoms with Gasteiger partial charge in [-0.3, -0.25) is 68.3 Å². The van der Waals surface area contributed by atoms with Crippen molar-refractivity contribution in [2.45, 2.75) is 108 Å². The molecule has 0 saturated heterocycles. The molecule has 0 atom stereocenters. The standard InChI is InChI=1S/C19H19N3O2.C16H14O2.C14H12N2O2.C9H13NO2.2C9H9NO2.C8H18O2.C7H9NO2.C4H10O2/c1-23-12-14-6-8-16(20-10-14)18-4-3-5-19(22-18)17-9-7-15(11-21-17)13-24-2;1-11(17)13-3-7-15(8-4-13)16-9-5-14(6-10-16)12(2)18;1-9(17)11-3-5-15-13(7-11)14-8-12(10(2)18)4-6-16-14;1-11-6-8-4-3-5-9(10-8)7-12-2;1-6(11)8-4-3-5-10-9(8)7(2)12;1-6(11)8-4-3-5-9(10-8)7(2)12;1-9-7-5-3-4-6-8-10-2;1-9-6-4-3-5-7(8-6)10-2;1-5-3-4-6-2/h3-11H,12-13H2,1-2H3;3-10H,1-2H3;3-8H,1-2H3;3-5H,6-7H2,1-2H3;2*3-5H,1-2H3;3-8H2,1-2H3;3-5H,1-2H3;3-4H2,1-2H3. The lowest BCUT2D eigenvalue weighted by Gasteiger charge is -2.06. The van der Waals surface area contributed by atoms with Gasteiger partial charge in [-0.2, -0.15) is 4.98 Å². The zero-order valence-electron chi connectivity index (χ0n) is 73.1. The molecule has 0 aliphatic heterocycles. The minimum absolute atomic E-state index is 0.0265. The zero-order valence-corrected chi connectivity index (χ0v) is 73.1. The molecule has 0 unspecified atom stereocenters. The van der Waals surface area contributed by atoms with Gasteiger partial charge in [-0.15, -0.1) is 0 Å². The Kier molecular flexibility index (Phi) is 51.7. The van der Waals surface area contributed by atoms with Crippen molar-refractivity contribution in [1.82, 2.24) is 44.9 Å². The van der Waals surface area contributed by atoms with E-state index in [9.17, 15) is 38.4 Å². The average molecular weight is 1670 g/mol. The lowest BCUT2D eigenvalue weighted by Crippen LogP contribution is -2.05. The van der Waals surface area contributed by atoms with E-state index in [1.54, 1.807) is 164 Å². The Morgan fingerprint density at radius 3 is 1.00 bits per heavy atom. The maximum absolute atomic E-state index is 11.3. The molecule has 2 aromatic carbocycles. The molecule has 122 heavy (non-hydrogen) atoms. The lowest BCUT2D eigenvalue weighted by molar-refractivity contribution is 0.0977. The molecule has 0 aliphatic rings. The number of pyridine rings is 9. The predicted molar refractivity (Wildman–Crippen MR) is 469 cm³/mol. The largest absolute Gasteiger partial charge is 0.481 e. The molecule has 0 bridgehead atoms. The van der Waals surface area contributed by atoms with Gasteiger partial charge in [0.1, 0.15) is 17.1 Å². The Bertz CT molecular complexity index is 4670. The highest BCUT2D eigenvalue weighted by atomic mass is 16.5. The number of ether oxygens (including phenoxy) is 10. The fourth-order valence-electron chi connectivity index (χ4n) is 10.2. The van der Waals surface area contributed by atoms with Crippen LogP contribution in [0.25, 0.3) is 45.3 Å². The number of benzene rings is 2. The summed E-state index contributed by atoms with van der Waals surface area (Å²) in [7, 11) is 16.6. The third-order valence-electron chi connectivity index (χ3n) is 16.6. The van der Waals surface area contributed by atoms with Gasteiger partial charge in [0.15, 0.2) is 46.3 Å². The van der Waals surface area contributed by atoms with Gasteiger partial charge in [0.25, 0.3) is 0 Å². The molecule has 0 aliphatic carbocycles. The van der Waals surface area contributed by atoms with E-state index < -0.39 is 0 Å². The van der Waals surface area contributed by atoms with Crippen molar-refractivity contribution in [2.75, 3.05) is 97.5 Å². The van der Waals surface area contributed by atoms with Crippen LogP contribution >= 0.6 is 0 Å². The second kappa shape index (κ2) is 60.8. The topological polar surface area (TPSA) is 345 Å². The third-order valence-corrected chi connectivity index (χ3v) is 16.6. The number of unbranched alkanes of at least 4 members (excludes halogenated alkanes) is 3. The first kappa shape index (κ1) is 104. The smallest absolute Gasteiger partial charge is 0.216 e. The molecule has 11 rings (SSSR count). The predicted octanol–water partition coefficient (Wildman–Crippen LogP) is 17.4. The molecule has 27 nitrogen and oxygen atoms in total. The number of ketones is 8. The monoisotopic (exact) mass is 1670 g/mol. The van der Waals surface area contributed by atoms with Crippen LogP contribution in [0.1, 0.15) is 187 Å². The van der Waals surface area contributed by atoms with Crippen molar-refractivity contribution in [1.29, 1.82) is 0 Å². The molecule has 0 saturated carbocycles. The Morgan fingerprint density at radius 1 is 0.270 bits per heavy atom. The summed E-state index contributed by atoms with van der Waals surface area (Å²) in [6.07, 6.45) is 13.1. The van der Waals surface area contributed by atoms with Crippen molar-refractivity contribution in [3.63, 3.8) is 0 Å². The first-order valence-electron chi connectivity index (χ1n) is 38.7. The van der Waals surface area contributed by atoms with Crippen LogP contribution in [-0.2, 0) is 64.3 Å². The van der Waals surface area contributed by atoms with Crippen molar-refractivity contribution in [3.8, 4) is 57.1 Å². The number of methoxy groups -OCH3 is 10. The third kappa shape index (κ3) is 40.9. The summed E-state index contributed by atoms with van der Waals surface area (Å²) in [6, 6.07) is 54.6. The van der Waals surface area contributed by atoms with E-state index in [1.807, 2.05) is 128 Å². The van der Waals surface area contributed by atoms with Crippen LogP contribution in [0.5, 0.6) is 11.8 Å². The van der Waals surface area contributed by atoms with Crippen LogP contribution in [0.2, 0.25) is 0 Å². The van der Waals surface area contributed by atoms with Crippen molar-refractivity contribution in [2.24, 2.45) is 0 Å². The van der Waals surface area contributed by atoms with Crippen LogP contribution in [0.4, 0.5) is 0 Å². The molecule has 0 radical (unpaired) electrons. The fourth-order valence-corrected chi connectivity index (χ4v) is 10.2. The average Bonchev–Trinajstić information content (AvgIpc) is 0.841. The summed E-state index contributed by atoms with van der Waals surface area (Å²) < 4.78 is 49.0. The van der Waals surface area contributed by atoms with Gasteiger partial charge in [0.05, 0.1) is 99.4 Å². The molecule has 9 aromatic heterocycles. The minimum Gasteiger partial charge on any atom is -0.481 e. The zero-order chi connectivity index (χ0) is 90.0. The summed E-state index contributed by atoms with van der Waals surface area (Å²) in [5.74, 6) is 0.647. The van der Waals surface area contributed by atoms with Gasteiger partial charge in [-0.1, -0.05) is 97.8 Å². The van der Waals surface area contributed by atoms with E-state index in [4.69, 9.17) is 37.9 Å². The highest BCUT2D eigenvalue weighted by molar-refractivity contribution is 6.06. The molecule has 646 valence electrons. The van der Waals surface area contributed by atoms with Gasteiger partial charge in [0.2, 0.25) is 11.8 Å². The maximum atomic E-state index is 11.3. The quantitative estimate of drug-likeness (QED) is 0.0279. The molecule has 9 heterocycles. The Hall–Kier alpha value is -12.6. The molecule has 27 heteroatoms.